The fourth-order valence-corrected chi connectivity index (χ4v) is 3.53. The van der Waals surface area contributed by atoms with E-state index >= 15 is 0 Å². The highest BCUT2D eigenvalue weighted by Crippen LogP contribution is 2.26. The number of alkyl carbamates (subject to hydrolysis) is 1. The molecule has 1 atom stereocenters. The molecule has 0 spiro atoms. The van der Waals surface area contributed by atoms with E-state index in [9.17, 15) is 14.4 Å². The van der Waals surface area contributed by atoms with Crippen molar-refractivity contribution in [2.75, 3.05) is 0 Å². The van der Waals surface area contributed by atoms with Crippen LogP contribution in [0.1, 0.15) is 36.1 Å². The van der Waals surface area contributed by atoms with Gasteiger partial charge in [0.15, 0.2) is 0 Å². The van der Waals surface area contributed by atoms with Crippen LogP contribution in [0.15, 0.2) is 49.1 Å². The number of rotatable bonds is 6. The van der Waals surface area contributed by atoms with Gasteiger partial charge in [-0.2, -0.15) is 0 Å². The Balaban J connectivity index is 1.61. The minimum atomic E-state index is -1.00. The molecule has 0 aliphatic heterocycles. The third-order valence-corrected chi connectivity index (χ3v) is 5.14. The minimum Gasteiger partial charge on any atom is -0.444 e. The Bertz CT molecular complexity index is 1060. The molecule has 1 unspecified atom stereocenters. The van der Waals surface area contributed by atoms with Gasteiger partial charge in [0.05, 0.1) is 21.8 Å². The quantitative estimate of drug-likeness (QED) is 0.420. The molecule has 0 saturated carbocycles. The van der Waals surface area contributed by atoms with Gasteiger partial charge in [0, 0.05) is 24.5 Å². The maximum atomic E-state index is 12.7. The average Bonchev–Trinajstić information content (AvgIpc) is 3.43. The lowest BCUT2D eigenvalue weighted by Crippen LogP contribution is -2.53. The van der Waals surface area contributed by atoms with Gasteiger partial charge < -0.3 is 15.0 Å². The summed E-state index contributed by atoms with van der Waals surface area (Å²) in [5.41, 5.74) is 5.39. The third-order valence-electron chi connectivity index (χ3n) is 4.03. The average molecular weight is 457 g/mol. The molecule has 0 aromatic carbocycles. The Labute approximate surface area is 188 Å². The molecular formula is C21H24N6O4S. The number of ether oxygens (including phenoxy) is 1. The molecule has 3 aromatic heterocycles. The van der Waals surface area contributed by atoms with Crippen molar-refractivity contribution >= 4 is 29.2 Å². The molecule has 3 heterocycles. The zero-order valence-electron chi connectivity index (χ0n) is 17.8. The number of carbonyl (C=O) groups is 3. The van der Waals surface area contributed by atoms with Crippen molar-refractivity contribution in [2.45, 2.75) is 38.8 Å². The Morgan fingerprint density at radius 3 is 2.62 bits per heavy atom. The Hall–Kier alpha value is -3.73. The zero-order chi connectivity index (χ0) is 23.1. The number of imidazole rings is 1. The summed E-state index contributed by atoms with van der Waals surface area (Å²) in [5, 5.41) is 2.52. The number of aromatic amines is 1. The van der Waals surface area contributed by atoms with Crippen molar-refractivity contribution in [2.24, 2.45) is 0 Å². The molecule has 4 N–H and O–H groups in total. The van der Waals surface area contributed by atoms with Crippen LogP contribution < -0.4 is 16.2 Å². The van der Waals surface area contributed by atoms with Crippen LogP contribution >= 0.6 is 11.3 Å². The second-order valence-electron chi connectivity index (χ2n) is 7.80. The standard InChI is InChI=1S/C21H24N6O4S/c1-21(2,3)31-20(30)25-15(10-13-11-22-12-24-13)18(28)26-27-19(29)17-8-7-16(32-17)14-6-4-5-9-23-14/h4-9,11-12,15H,10H2,1-3H3,(H,22,24)(H,25,30)(H,26,28)(H,27,29). The van der Waals surface area contributed by atoms with Gasteiger partial charge in [-0.1, -0.05) is 6.07 Å². The van der Waals surface area contributed by atoms with E-state index in [1.165, 1.54) is 17.7 Å². The first kappa shape index (κ1) is 22.9. The SMILES string of the molecule is CC(C)(C)OC(=O)NC(Cc1cnc[nH]1)C(=O)NNC(=O)c1ccc(-c2ccccn2)s1. The predicted molar refractivity (Wildman–Crippen MR) is 119 cm³/mol. The van der Waals surface area contributed by atoms with Gasteiger partial charge in [-0.05, 0) is 45.0 Å². The molecular weight excluding hydrogens is 432 g/mol. The molecule has 10 nitrogen and oxygen atoms in total. The second kappa shape index (κ2) is 10.1. The van der Waals surface area contributed by atoms with Crippen LogP contribution in [0.3, 0.4) is 0 Å². The van der Waals surface area contributed by atoms with Gasteiger partial charge in [-0.25, -0.2) is 9.78 Å². The molecule has 0 aliphatic rings. The van der Waals surface area contributed by atoms with Gasteiger partial charge in [0.25, 0.3) is 11.8 Å². The lowest BCUT2D eigenvalue weighted by atomic mass is 10.1. The van der Waals surface area contributed by atoms with Crippen molar-refractivity contribution in [3.8, 4) is 10.6 Å². The topological polar surface area (TPSA) is 138 Å². The molecule has 0 radical (unpaired) electrons. The summed E-state index contributed by atoms with van der Waals surface area (Å²) in [7, 11) is 0. The monoisotopic (exact) mass is 456 g/mol. The van der Waals surface area contributed by atoms with E-state index < -0.39 is 29.6 Å². The fourth-order valence-electron chi connectivity index (χ4n) is 2.65. The summed E-state index contributed by atoms with van der Waals surface area (Å²) in [6.07, 6.45) is 4.06. The highest BCUT2D eigenvalue weighted by atomic mass is 32.1. The number of nitrogens with zero attached hydrogens (tertiary/aromatic N) is 2. The largest absolute Gasteiger partial charge is 0.444 e. The summed E-state index contributed by atoms with van der Waals surface area (Å²) in [4.78, 5) is 49.6. The van der Waals surface area contributed by atoms with Gasteiger partial charge >= 0.3 is 6.09 Å². The highest BCUT2D eigenvalue weighted by molar-refractivity contribution is 7.17. The van der Waals surface area contributed by atoms with Crippen LogP contribution in [0.2, 0.25) is 0 Å². The van der Waals surface area contributed by atoms with E-state index in [-0.39, 0.29) is 6.42 Å². The molecule has 11 heteroatoms. The number of amides is 3. The number of pyridine rings is 1. The van der Waals surface area contributed by atoms with E-state index in [1.807, 2.05) is 18.2 Å². The highest BCUT2D eigenvalue weighted by Gasteiger charge is 2.25. The Kier molecular flexibility index (Phi) is 7.21. The van der Waals surface area contributed by atoms with Gasteiger partial charge in [0.1, 0.15) is 11.6 Å². The predicted octanol–water partition coefficient (Wildman–Crippen LogP) is 2.43. The van der Waals surface area contributed by atoms with Crippen LogP contribution in [0.4, 0.5) is 4.79 Å². The van der Waals surface area contributed by atoms with Gasteiger partial charge in [0.2, 0.25) is 0 Å². The summed E-state index contributed by atoms with van der Waals surface area (Å²) < 4.78 is 5.23. The molecule has 32 heavy (non-hydrogen) atoms. The summed E-state index contributed by atoms with van der Waals surface area (Å²) in [6.45, 7) is 5.16. The number of hydrogen-bond acceptors (Lipinski definition) is 7. The smallest absolute Gasteiger partial charge is 0.408 e. The molecule has 0 saturated heterocycles. The van der Waals surface area contributed by atoms with Crippen molar-refractivity contribution in [1.29, 1.82) is 0 Å². The van der Waals surface area contributed by atoms with Crippen molar-refractivity contribution in [3.63, 3.8) is 0 Å². The van der Waals surface area contributed by atoms with Crippen LogP contribution in [0.5, 0.6) is 0 Å². The van der Waals surface area contributed by atoms with Crippen LogP contribution in [-0.4, -0.2) is 44.5 Å². The number of hydrazine groups is 1. The maximum absolute atomic E-state index is 12.7. The molecule has 168 valence electrons. The maximum Gasteiger partial charge on any atom is 0.408 e. The van der Waals surface area contributed by atoms with Gasteiger partial charge in [-0.3, -0.25) is 25.4 Å². The molecule has 0 aliphatic carbocycles. The first-order chi connectivity index (χ1) is 15.2. The Morgan fingerprint density at radius 1 is 1.16 bits per heavy atom. The van der Waals surface area contributed by atoms with E-state index in [1.54, 1.807) is 45.3 Å². The van der Waals surface area contributed by atoms with Crippen LogP contribution in [0.25, 0.3) is 10.6 Å². The van der Waals surface area contributed by atoms with E-state index in [4.69, 9.17) is 4.74 Å². The lowest BCUT2D eigenvalue weighted by Gasteiger charge is -2.23. The number of thiophene rings is 1. The zero-order valence-corrected chi connectivity index (χ0v) is 18.7. The molecule has 0 fully saturated rings. The fraction of sp³-hybridized carbons (Fsp3) is 0.286. The summed E-state index contributed by atoms with van der Waals surface area (Å²) >= 11 is 1.25. The molecule has 3 aromatic rings. The Morgan fingerprint density at radius 2 is 1.97 bits per heavy atom. The number of H-pyrrole nitrogens is 1. The van der Waals surface area contributed by atoms with E-state index in [2.05, 4.69) is 31.1 Å². The van der Waals surface area contributed by atoms with Crippen molar-refractivity contribution in [1.82, 2.24) is 31.1 Å². The van der Waals surface area contributed by atoms with Crippen molar-refractivity contribution < 1.29 is 19.1 Å². The van der Waals surface area contributed by atoms with Crippen LogP contribution in [0, 0.1) is 0 Å². The number of carbonyl (C=O) groups excluding carboxylic acids is 3. The van der Waals surface area contributed by atoms with E-state index in [0.29, 0.717) is 10.6 Å². The molecule has 3 amide bonds. The number of hydrogen-bond donors (Lipinski definition) is 4. The van der Waals surface area contributed by atoms with Gasteiger partial charge in [-0.15, -0.1) is 11.3 Å². The number of aromatic nitrogens is 3. The normalized spacial score (nSPS) is 12.0. The van der Waals surface area contributed by atoms with E-state index in [0.717, 1.165) is 10.6 Å². The molecule has 3 rings (SSSR count). The third kappa shape index (κ3) is 6.64. The first-order valence-corrected chi connectivity index (χ1v) is 10.6. The summed E-state index contributed by atoms with van der Waals surface area (Å²) in [5.74, 6) is -1.09. The summed E-state index contributed by atoms with van der Waals surface area (Å²) in [6, 6.07) is 7.95. The second-order valence-corrected chi connectivity index (χ2v) is 8.89. The lowest BCUT2D eigenvalue weighted by molar-refractivity contribution is -0.124. The van der Waals surface area contributed by atoms with Crippen LogP contribution in [-0.2, 0) is 16.0 Å². The van der Waals surface area contributed by atoms with Crippen molar-refractivity contribution in [3.05, 3.63) is 59.6 Å². The minimum absolute atomic E-state index is 0.129. The molecule has 0 bridgehead atoms. The number of nitrogens with one attached hydrogen (secondary N) is 4. The first-order valence-electron chi connectivity index (χ1n) is 9.79.